The molecule has 6 aromatic carbocycles. The van der Waals surface area contributed by atoms with Gasteiger partial charge < -0.3 is 0 Å². The van der Waals surface area contributed by atoms with E-state index in [9.17, 15) is 0 Å². The van der Waals surface area contributed by atoms with Crippen LogP contribution in [0.5, 0.6) is 0 Å². The Morgan fingerprint density at radius 2 is 0.680 bits per heavy atom. The molecule has 516 valence electrons. The fourth-order valence-electron chi connectivity index (χ4n) is 12.3. The standard InChI is InChI=1S/2C17H22N.C16H20N.2C15H18N.C14H16N/c1-13(2)11-15-8-9-16(14(3)12-15)17-7-5-6-10-18(17)4;1-13(2)11-15-9-10-18(4)17(12-15)16-8-6-5-7-14(16)3;1-12(2)14-9-10-17(4)16(11-14)15-8-6-5-7-13(15)3;1-4-13-8-9-14(12(2)11-13)15-7-5-6-10-16(15)3;1-4-13-9-10-16(3)15(11-13)14-8-6-5-7-12(14)2;1-11-7-8-13(12(2)10-11)14-6-4-5-9-15(14)3/h2*5-10,12-13H,11H2,1-4H3;5-12H,1-4H3;2*5-11H,4H2,1-3H3;4-10H,1-3H3/q6*+1/i;11D2;1D3,12D;;4D2;. The first-order valence-electron chi connectivity index (χ1n) is 39.2. The molecule has 0 radical (unpaired) electrons. The summed E-state index contributed by atoms with van der Waals surface area (Å²) in [5, 5.41) is 0. The van der Waals surface area contributed by atoms with Gasteiger partial charge >= 0.3 is 0 Å². The molecule has 0 saturated heterocycles. The van der Waals surface area contributed by atoms with Gasteiger partial charge in [-0.1, -0.05) is 152 Å². The van der Waals surface area contributed by atoms with Crippen molar-refractivity contribution in [1.82, 2.24) is 0 Å². The van der Waals surface area contributed by atoms with Gasteiger partial charge in [-0.05, 0) is 208 Å². The highest BCUT2D eigenvalue weighted by atomic mass is 14.9. The van der Waals surface area contributed by atoms with Crippen molar-refractivity contribution in [2.24, 2.45) is 54.1 Å². The van der Waals surface area contributed by atoms with E-state index in [1.165, 1.54) is 85.2 Å². The molecule has 1 atom stereocenters. The van der Waals surface area contributed by atoms with E-state index in [1.807, 2.05) is 159 Å². The summed E-state index contributed by atoms with van der Waals surface area (Å²) in [6, 6.07) is 74.5. The largest absolute Gasteiger partial charge is 0.212 e. The molecule has 100 heavy (non-hydrogen) atoms. The molecule has 0 N–H and O–H groups in total. The Morgan fingerprint density at radius 1 is 0.320 bits per heavy atom. The van der Waals surface area contributed by atoms with Crippen molar-refractivity contribution in [1.29, 1.82) is 0 Å². The molecule has 0 bridgehead atoms. The maximum atomic E-state index is 8.26. The number of rotatable bonds is 13. The van der Waals surface area contributed by atoms with Gasteiger partial charge in [-0.2, -0.15) is 0 Å². The van der Waals surface area contributed by atoms with Crippen LogP contribution in [-0.4, -0.2) is 0 Å². The quantitative estimate of drug-likeness (QED) is 0.103. The van der Waals surface area contributed by atoms with Crippen LogP contribution in [0.3, 0.4) is 0 Å². The average Bonchev–Trinajstić information content (AvgIpc) is 0.787. The molecule has 12 rings (SSSR count). The highest BCUT2D eigenvalue weighted by Crippen LogP contribution is 2.28. The molecule has 0 spiro atoms. The molecule has 6 nitrogen and oxygen atoms in total. The van der Waals surface area contributed by atoms with Crippen molar-refractivity contribution < 1.29 is 38.4 Å². The van der Waals surface area contributed by atoms with Gasteiger partial charge in [-0.3, -0.25) is 0 Å². The van der Waals surface area contributed by atoms with E-state index < -0.39 is 25.5 Å². The van der Waals surface area contributed by atoms with Gasteiger partial charge in [0.25, 0.3) is 0 Å². The van der Waals surface area contributed by atoms with Gasteiger partial charge in [0.15, 0.2) is 37.2 Å². The Morgan fingerprint density at radius 3 is 1.07 bits per heavy atom. The van der Waals surface area contributed by atoms with E-state index in [0.29, 0.717) is 17.0 Å². The molecular weight excluding hydrogens is 1210 g/mol. The van der Waals surface area contributed by atoms with Crippen molar-refractivity contribution in [2.45, 2.75) is 135 Å². The normalized spacial score (nSPS) is 12.9. The number of nitrogens with zero attached hydrogens (tertiary/aromatic N) is 6. The molecule has 12 aromatic rings. The van der Waals surface area contributed by atoms with Crippen LogP contribution in [0.4, 0.5) is 0 Å². The van der Waals surface area contributed by atoms with Crippen LogP contribution >= 0.6 is 0 Å². The first-order chi connectivity index (χ1) is 50.8. The minimum absolute atomic E-state index is 0.0556. The second-order valence-electron chi connectivity index (χ2n) is 27.0. The van der Waals surface area contributed by atoms with Gasteiger partial charge in [0.05, 0.1) is 0 Å². The van der Waals surface area contributed by atoms with Gasteiger partial charge in [-0.25, -0.2) is 27.4 Å². The number of hydrogen-bond acceptors (Lipinski definition) is 0. The van der Waals surface area contributed by atoms with E-state index in [1.54, 1.807) is 13.0 Å². The van der Waals surface area contributed by atoms with Crippen molar-refractivity contribution in [3.63, 3.8) is 0 Å². The minimum atomic E-state index is -2.37. The van der Waals surface area contributed by atoms with Gasteiger partial charge in [0, 0.05) is 117 Å². The number of aryl methyl sites for hydroxylation is 15. The zero-order chi connectivity index (χ0) is 79.6. The third kappa shape index (κ3) is 22.1. The lowest BCUT2D eigenvalue weighted by atomic mass is 9.97. The maximum absolute atomic E-state index is 8.26. The Balaban J connectivity index is 0.000000181. The summed E-state index contributed by atoms with van der Waals surface area (Å²) in [4.78, 5) is 0. The third-order valence-electron chi connectivity index (χ3n) is 17.9. The fourth-order valence-corrected chi connectivity index (χ4v) is 12.3. The molecule has 6 heteroatoms. The van der Waals surface area contributed by atoms with Crippen LogP contribution in [0.25, 0.3) is 67.5 Å². The number of hydrogen-bond donors (Lipinski definition) is 0. The van der Waals surface area contributed by atoms with Crippen molar-refractivity contribution in [2.75, 3.05) is 0 Å². The van der Waals surface area contributed by atoms with Crippen molar-refractivity contribution in [3.05, 3.63) is 322 Å². The summed E-state index contributed by atoms with van der Waals surface area (Å²) >= 11 is 0. The molecule has 0 amide bonds. The molecular formula is C94H116N6+6. The van der Waals surface area contributed by atoms with E-state index in [4.69, 9.17) is 11.0 Å². The van der Waals surface area contributed by atoms with Crippen LogP contribution in [-0.2, 0) is 67.9 Å². The Bertz CT molecular complexity index is 4990. The second kappa shape index (κ2) is 38.0. The van der Waals surface area contributed by atoms with Gasteiger partial charge in [0.1, 0.15) is 42.3 Å². The number of benzene rings is 6. The second-order valence-corrected chi connectivity index (χ2v) is 27.0. The molecule has 0 aliphatic rings. The van der Waals surface area contributed by atoms with Gasteiger partial charge in [-0.15, -0.1) is 0 Å². The summed E-state index contributed by atoms with van der Waals surface area (Å²) in [6.45, 7) is 26.1. The van der Waals surface area contributed by atoms with Crippen LogP contribution in [0.2, 0.25) is 0 Å². The smallest absolute Gasteiger partial charge is 0.201 e. The van der Waals surface area contributed by atoms with E-state index in [-0.39, 0.29) is 5.92 Å². The topological polar surface area (TPSA) is 23.3 Å². The number of pyridine rings is 6. The summed E-state index contributed by atoms with van der Waals surface area (Å²) in [5.74, 6) is -0.971. The molecule has 0 fully saturated rings. The van der Waals surface area contributed by atoms with Crippen LogP contribution in [0.15, 0.2) is 256 Å². The summed E-state index contributed by atoms with van der Waals surface area (Å²) < 4.78 is 75.6. The lowest BCUT2D eigenvalue weighted by Gasteiger charge is -2.09. The summed E-state index contributed by atoms with van der Waals surface area (Å²) in [6.07, 6.45) is 11.6. The molecule has 1 unspecified atom stereocenters. The lowest BCUT2D eigenvalue weighted by Crippen LogP contribution is -2.30. The first kappa shape index (κ1) is 66.1. The third-order valence-corrected chi connectivity index (χ3v) is 17.9. The minimum Gasteiger partial charge on any atom is -0.201 e. The number of aromatic nitrogens is 6. The molecule has 6 aromatic heterocycles. The highest BCUT2D eigenvalue weighted by molar-refractivity contribution is 5.65. The Hall–Kier alpha value is -9.78. The van der Waals surface area contributed by atoms with E-state index >= 15 is 0 Å². The SMILES string of the molecule is CCc1ccc(-c2cccc[n+]2C)c(C)c1.Cc1cc(CC(C)C)ccc1-c1cccc[n+]1C.Cc1ccc(-c2cccc[n+]2C)c(C)c1.[2H]C([2H])(C)c1cc[n+](C)c(-c2ccccc2C)c1.[2H]C([2H])([2H])C([2H])(C)c1cc[n+](C)c(-c2ccccc2C)c1.[2H]C([2H])(c1cc[n+](C)c(-c2ccccc2C)c1)C(C)C. The zero-order valence-corrected chi connectivity index (χ0v) is 63.5. The predicted octanol–water partition coefficient (Wildman–Crippen LogP) is 19.9. The lowest BCUT2D eigenvalue weighted by molar-refractivity contribution is -0.660. The van der Waals surface area contributed by atoms with Crippen LogP contribution < -0.4 is 27.4 Å². The van der Waals surface area contributed by atoms with E-state index in [2.05, 4.69) is 243 Å². The molecule has 0 saturated carbocycles. The Labute approximate surface area is 614 Å². The average molecular weight is 1340 g/mol. The molecule has 0 aliphatic carbocycles. The first-order valence-corrected chi connectivity index (χ1v) is 35.2. The van der Waals surface area contributed by atoms with Crippen LogP contribution in [0, 0.1) is 60.3 Å². The van der Waals surface area contributed by atoms with E-state index in [0.717, 1.165) is 57.7 Å². The highest BCUT2D eigenvalue weighted by Gasteiger charge is 2.18. The fraction of sp³-hybridized carbons (Fsp3) is 0.298. The molecule has 6 heterocycles. The van der Waals surface area contributed by atoms with Crippen molar-refractivity contribution >= 4 is 0 Å². The van der Waals surface area contributed by atoms with Crippen molar-refractivity contribution in [3.8, 4) is 67.5 Å². The van der Waals surface area contributed by atoms with Gasteiger partial charge in [0.2, 0.25) is 34.2 Å². The zero-order valence-electron chi connectivity index (χ0n) is 71.5. The maximum Gasteiger partial charge on any atom is 0.212 e. The van der Waals surface area contributed by atoms with Crippen LogP contribution in [0.1, 0.15) is 139 Å². The Kier molecular flexibility index (Phi) is 25.1. The summed E-state index contributed by atoms with van der Waals surface area (Å²) in [5.41, 5.74) is 27.7. The summed E-state index contributed by atoms with van der Waals surface area (Å²) in [7, 11) is 12.2. The molecule has 0 aliphatic heterocycles. The predicted molar refractivity (Wildman–Crippen MR) is 421 cm³/mol. The monoisotopic (exact) mass is 1340 g/mol.